The zero-order chi connectivity index (χ0) is 22.7. The van der Waals surface area contributed by atoms with Crippen LogP contribution in [0.25, 0.3) is 22.3 Å². The van der Waals surface area contributed by atoms with E-state index in [2.05, 4.69) is 4.98 Å². The molecule has 0 spiro atoms. The summed E-state index contributed by atoms with van der Waals surface area (Å²) in [5.41, 5.74) is 2.24. The minimum atomic E-state index is -0.385. The van der Waals surface area contributed by atoms with Gasteiger partial charge in [0, 0.05) is 17.3 Å². The molecular formula is C24H21FN4O3. The van der Waals surface area contributed by atoms with E-state index in [0.29, 0.717) is 40.4 Å². The fourth-order valence-electron chi connectivity index (χ4n) is 3.67. The molecule has 0 aliphatic heterocycles. The van der Waals surface area contributed by atoms with Crippen molar-refractivity contribution in [1.29, 1.82) is 5.26 Å². The first-order chi connectivity index (χ1) is 15.6. The monoisotopic (exact) mass is 432 g/mol. The summed E-state index contributed by atoms with van der Waals surface area (Å²) >= 11 is 0. The minimum absolute atomic E-state index is 0.141. The maximum atomic E-state index is 14.3. The predicted octanol–water partition coefficient (Wildman–Crippen LogP) is 3.98. The van der Waals surface area contributed by atoms with E-state index in [9.17, 15) is 14.4 Å². The zero-order valence-electron chi connectivity index (χ0n) is 17.7. The number of benzene rings is 2. The van der Waals surface area contributed by atoms with Crippen LogP contribution in [0.15, 0.2) is 59.5 Å². The van der Waals surface area contributed by atoms with Crippen LogP contribution >= 0.6 is 0 Å². The number of methoxy groups -OCH3 is 1. The number of pyridine rings is 1. The van der Waals surface area contributed by atoms with Gasteiger partial charge in [0.05, 0.1) is 31.8 Å². The molecule has 0 fully saturated rings. The lowest BCUT2D eigenvalue weighted by Gasteiger charge is -2.11. The number of ether oxygens (including phenoxy) is 2. The van der Waals surface area contributed by atoms with Gasteiger partial charge in [0.2, 0.25) is 0 Å². The lowest BCUT2D eigenvalue weighted by molar-refractivity contribution is 0.310. The van der Waals surface area contributed by atoms with Crippen molar-refractivity contribution in [2.24, 2.45) is 0 Å². The van der Waals surface area contributed by atoms with Crippen LogP contribution in [0.3, 0.4) is 0 Å². The standard InChI is InChI=1S/C24H21FN4O3/c1-3-32-22-12-16(8-9-21(22)31-2)15-29-23-20(28(11-10-26)24(29)30)13-17(14-27-23)18-6-4-5-7-19(18)25/h4-9,12-14H,3,11,15H2,1-2H3. The van der Waals surface area contributed by atoms with Gasteiger partial charge < -0.3 is 9.47 Å². The number of nitrogens with zero attached hydrogens (tertiary/aromatic N) is 4. The molecule has 4 rings (SSSR count). The molecule has 162 valence electrons. The van der Waals surface area contributed by atoms with Crippen molar-refractivity contribution < 1.29 is 13.9 Å². The van der Waals surface area contributed by atoms with E-state index in [1.54, 1.807) is 37.4 Å². The second-order valence-electron chi connectivity index (χ2n) is 7.08. The molecule has 0 atom stereocenters. The molecule has 0 unspecified atom stereocenters. The Balaban J connectivity index is 1.83. The van der Waals surface area contributed by atoms with Gasteiger partial charge in [0.15, 0.2) is 17.1 Å². The van der Waals surface area contributed by atoms with Crippen LogP contribution in [0.1, 0.15) is 12.5 Å². The molecule has 0 saturated carbocycles. The normalized spacial score (nSPS) is 10.8. The highest BCUT2D eigenvalue weighted by Gasteiger charge is 2.17. The number of aromatic nitrogens is 3. The number of nitriles is 1. The number of hydrogen-bond donors (Lipinski definition) is 0. The summed E-state index contributed by atoms with van der Waals surface area (Å²) in [6, 6.07) is 15.5. The zero-order valence-corrected chi connectivity index (χ0v) is 17.7. The Morgan fingerprint density at radius 2 is 1.94 bits per heavy atom. The highest BCUT2D eigenvalue weighted by molar-refractivity contribution is 5.79. The fourth-order valence-corrected chi connectivity index (χ4v) is 3.67. The van der Waals surface area contributed by atoms with Gasteiger partial charge in [0.1, 0.15) is 12.4 Å². The molecule has 0 amide bonds. The predicted molar refractivity (Wildman–Crippen MR) is 118 cm³/mol. The van der Waals surface area contributed by atoms with Crippen LogP contribution in [0.2, 0.25) is 0 Å². The van der Waals surface area contributed by atoms with E-state index >= 15 is 0 Å². The maximum Gasteiger partial charge on any atom is 0.331 e. The Morgan fingerprint density at radius 3 is 2.66 bits per heavy atom. The molecule has 2 aromatic heterocycles. The first-order valence-electron chi connectivity index (χ1n) is 10.1. The molecule has 0 N–H and O–H groups in total. The lowest BCUT2D eigenvalue weighted by Crippen LogP contribution is -2.24. The van der Waals surface area contributed by atoms with E-state index in [4.69, 9.17) is 9.47 Å². The van der Waals surface area contributed by atoms with E-state index < -0.39 is 0 Å². The van der Waals surface area contributed by atoms with E-state index in [-0.39, 0.29) is 24.6 Å². The van der Waals surface area contributed by atoms with Gasteiger partial charge in [-0.3, -0.25) is 9.13 Å². The maximum absolute atomic E-state index is 14.3. The summed E-state index contributed by atoms with van der Waals surface area (Å²) in [6.45, 7) is 2.44. The molecule has 0 aliphatic rings. The molecule has 2 aromatic carbocycles. The molecule has 0 bridgehead atoms. The second kappa shape index (κ2) is 8.94. The molecule has 0 saturated heterocycles. The summed E-state index contributed by atoms with van der Waals surface area (Å²) in [5.74, 6) is 0.794. The Kier molecular flexibility index (Phi) is 5.90. The van der Waals surface area contributed by atoms with Crippen molar-refractivity contribution in [1.82, 2.24) is 14.1 Å². The Hall–Kier alpha value is -4.12. The quantitative estimate of drug-likeness (QED) is 0.441. The molecule has 0 radical (unpaired) electrons. The Bertz CT molecular complexity index is 1380. The van der Waals surface area contributed by atoms with Gasteiger partial charge >= 0.3 is 5.69 Å². The van der Waals surface area contributed by atoms with Crippen molar-refractivity contribution in [3.8, 4) is 28.7 Å². The molecule has 4 aromatic rings. The Morgan fingerprint density at radius 1 is 1.12 bits per heavy atom. The van der Waals surface area contributed by atoms with E-state index in [0.717, 1.165) is 5.56 Å². The van der Waals surface area contributed by atoms with Gasteiger partial charge in [-0.25, -0.2) is 14.2 Å². The van der Waals surface area contributed by atoms with Crippen molar-refractivity contribution >= 4 is 11.2 Å². The molecule has 8 heteroatoms. The summed E-state index contributed by atoms with van der Waals surface area (Å²) in [7, 11) is 1.56. The number of imidazole rings is 1. The molecular weight excluding hydrogens is 411 g/mol. The van der Waals surface area contributed by atoms with Gasteiger partial charge in [-0.2, -0.15) is 5.26 Å². The first kappa shape index (κ1) is 21.1. The molecule has 0 aliphatic carbocycles. The van der Waals surface area contributed by atoms with Crippen molar-refractivity contribution in [3.05, 3.63) is 76.6 Å². The Labute approximate surface area is 183 Å². The third-order valence-electron chi connectivity index (χ3n) is 5.14. The topological polar surface area (TPSA) is 82.1 Å². The fraction of sp³-hybridized carbons (Fsp3) is 0.208. The number of rotatable bonds is 7. The molecule has 2 heterocycles. The van der Waals surface area contributed by atoms with E-state index in [1.165, 1.54) is 21.4 Å². The summed E-state index contributed by atoms with van der Waals surface area (Å²) < 4.78 is 28.1. The largest absolute Gasteiger partial charge is 0.493 e. The van der Waals surface area contributed by atoms with Gasteiger partial charge in [-0.15, -0.1) is 0 Å². The van der Waals surface area contributed by atoms with Crippen molar-refractivity contribution in [2.45, 2.75) is 20.0 Å². The van der Waals surface area contributed by atoms with E-state index in [1.807, 2.05) is 25.1 Å². The number of hydrogen-bond acceptors (Lipinski definition) is 5. The third-order valence-corrected chi connectivity index (χ3v) is 5.14. The lowest BCUT2D eigenvalue weighted by atomic mass is 10.1. The second-order valence-corrected chi connectivity index (χ2v) is 7.08. The highest BCUT2D eigenvalue weighted by atomic mass is 19.1. The van der Waals surface area contributed by atoms with Crippen molar-refractivity contribution in [2.75, 3.05) is 13.7 Å². The summed E-state index contributed by atoms with van der Waals surface area (Å²) in [4.78, 5) is 17.6. The number of halogens is 1. The SMILES string of the molecule is CCOc1cc(Cn2c(=O)n(CC#N)c3cc(-c4ccccc4F)cnc32)ccc1OC. The molecule has 7 nitrogen and oxygen atoms in total. The smallest absolute Gasteiger partial charge is 0.331 e. The average molecular weight is 432 g/mol. The van der Waals surface area contributed by atoms with Crippen LogP contribution in [-0.4, -0.2) is 27.8 Å². The van der Waals surface area contributed by atoms with Gasteiger partial charge in [-0.1, -0.05) is 24.3 Å². The first-order valence-corrected chi connectivity index (χ1v) is 10.1. The number of fused-ring (bicyclic) bond motifs is 1. The average Bonchev–Trinajstić information content (AvgIpc) is 3.05. The van der Waals surface area contributed by atoms with Gasteiger partial charge in [-0.05, 0) is 36.8 Å². The van der Waals surface area contributed by atoms with Crippen LogP contribution in [-0.2, 0) is 13.1 Å². The third kappa shape index (κ3) is 3.81. The van der Waals surface area contributed by atoms with Gasteiger partial charge in [0.25, 0.3) is 0 Å². The molecule has 32 heavy (non-hydrogen) atoms. The van der Waals surface area contributed by atoms with Crippen molar-refractivity contribution in [3.63, 3.8) is 0 Å². The van der Waals surface area contributed by atoms with Crippen LogP contribution in [0.4, 0.5) is 4.39 Å². The minimum Gasteiger partial charge on any atom is -0.493 e. The highest BCUT2D eigenvalue weighted by Crippen LogP contribution is 2.29. The van der Waals surface area contributed by atoms with Crippen LogP contribution in [0.5, 0.6) is 11.5 Å². The van der Waals surface area contributed by atoms with Crippen LogP contribution in [0, 0.1) is 17.1 Å². The summed E-state index contributed by atoms with van der Waals surface area (Å²) in [6.07, 6.45) is 1.53. The van der Waals surface area contributed by atoms with Crippen LogP contribution < -0.4 is 15.2 Å². The summed E-state index contributed by atoms with van der Waals surface area (Å²) in [5, 5.41) is 9.26.